The van der Waals surface area contributed by atoms with Crippen molar-refractivity contribution < 1.29 is 18.3 Å². The molecule has 9 heteroatoms. The SMILES string of the molecule is C.CN(C)S(=O)(=O)n1nc(C2CC2)c2[nH]c(C(=O)O)cc21. The predicted octanol–water partition coefficient (Wildman–Crippen LogP) is 1.23. The molecule has 3 rings (SSSR count). The Bertz CT molecular complexity index is 799. The number of carboxylic acid groups (broad SMARTS) is 1. The van der Waals surface area contributed by atoms with Gasteiger partial charge in [0, 0.05) is 20.0 Å². The molecular formula is C12H18N4O4S. The zero-order chi connectivity index (χ0) is 14.7. The highest BCUT2D eigenvalue weighted by atomic mass is 32.2. The minimum Gasteiger partial charge on any atom is -0.477 e. The van der Waals surface area contributed by atoms with E-state index in [2.05, 4.69) is 10.1 Å². The van der Waals surface area contributed by atoms with Gasteiger partial charge in [0.1, 0.15) is 11.2 Å². The summed E-state index contributed by atoms with van der Waals surface area (Å²) in [6, 6.07) is 1.30. The monoisotopic (exact) mass is 314 g/mol. The molecule has 0 aromatic carbocycles. The molecule has 0 atom stereocenters. The van der Waals surface area contributed by atoms with Crippen molar-refractivity contribution in [3.63, 3.8) is 0 Å². The molecule has 0 amide bonds. The maximum Gasteiger partial charge on any atom is 0.352 e. The van der Waals surface area contributed by atoms with Crippen LogP contribution in [0.5, 0.6) is 0 Å². The molecule has 1 fully saturated rings. The van der Waals surface area contributed by atoms with E-state index in [1.54, 1.807) is 0 Å². The molecule has 2 aromatic heterocycles. The van der Waals surface area contributed by atoms with E-state index in [9.17, 15) is 13.2 Å². The number of nitrogens with zero attached hydrogens (tertiary/aromatic N) is 3. The molecule has 1 saturated carbocycles. The van der Waals surface area contributed by atoms with Crippen LogP contribution in [0.25, 0.3) is 11.0 Å². The van der Waals surface area contributed by atoms with Crippen LogP contribution in [0.15, 0.2) is 6.07 Å². The Kier molecular flexibility index (Phi) is 3.58. The van der Waals surface area contributed by atoms with E-state index in [0.717, 1.165) is 21.2 Å². The third-order valence-corrected chi connectivity index (χ3v) is 4.97. The number of hydrogen-bond donors (Lipinski definition) is 2. The summed E-state index contributed by atoms with van der Waals surface area (Å²) in [7, 11) is -0.961. The highest BCUT2D eigenvalue weighted by Crippen LogP contribution is 2.42. The number of carboxylic acids is 1. The molecule has 0 radical (unpaired) electrons. The molecule has 0 aliphatic heterocycles. The third-order valence-electron chi connectivity index (χ3n) is 3.33. The van der Waals surface area contributed by atoms with Gasteiger partial charge in [0.2, 0.25) is 0 Å². The van der Waals surface area contributed by atoms with Crippen LogP contribution >= 0.6 is 0 Å². The maximum atomic E-state index is 12.2. The molecule has 2 N–H and O–H groups in total. The number of aromatic amines is 1. The second kappa shape index (κ2) is 4.85. The van der Waals surface area contributed by atoms with Crippen LogP contribution in [0.3, 0.4) is 0 Å². The Morgan fingerprint density at radius 1 is 1.48 bits per heavy atom. The Morgan fingerprint density at radius 2 is 2.10 bits per heavy atom. The molecule has 1 aliphatic carbocycles. The molecule has 21 heavy (non-hydrogen) atoms. The van der Waals surface area contributed by atoms with Gasteiger partial charge in [0.25, 0.3) is 0 Å². The van der Waals surface area contributed by atoms with Gasteiger partial charge in [0.05, 0.1) is 11.2 Å². The van der Waals surface area contributed by atoms with Gasteiger partial charge < -0.3 is 10.1 Å². The number of nitrogens with one attached hydrogen (secondary N) is 1. The minimum absolute atomic E-state index is 0. The number of H-pyrrole nitrogens is 1. The van der Waals surface area contributed by atoms with Crippen molar-refractivity contribution in [2.45, 2.75) is 26.2 Å². The third kappa shape index (κ3) is 2.32. The lowest BCUT2D eigenvalue weighted by atomic mass is 10.2. The smallest absolute Gasteiger partial charge is 0.352 e. The van der Waals surface area contributed by atoms with E-state index in [-0.39, 0.29) is 24.6 Å². The van der Waals surface area contributed by atoms with Gasteiger partial charge >= 0.3 is 16.2 Å². The average Bonchev–Trinajstić information content (AvgIpc) is 2.98. The molecule has 116 valence electrons. The second-order valence-corrected chi connectivity index (χ2v) is 7.01. The van der Waals surface area contributed by atoms with Gasteiger partial charge in [-0.05, 0) is 18.9 Å². The highest BCUT2D eigenvalue weighted by Gasteiger charge is 2.33. The van der Waals surface area contributed by atoms with Crippen molar-refractivity contribution in [3.8, 4) is 0 Å². The lowest BCUT2D eigenvalue weighted by Crippen LogP contribution is -2.29. The van der Waals surface area contributed by atoms with Gasteiger partial charge in [-0.1, -0.05) is 7.43 Å². The first-order valence-electron chi connectivity index (χ1n) is 6.10. The lowest BCUT2D eigenvalue weighted by Gasteiger charge is -2.11. The van der Waals surface area contributed by atoms with Crippen molar-refractivity contribution in [1.29, 1.82) is 0 Å². The summed E-state index contributed by atoms with van der Waals surface area (Å²) in [6.45, 7) is 0. The summed E-state index contributed by atoms with van der Waals surface area (Å²) in [6.07, 6.45) is 1.88. The molecule has 2 aromatic rings. The van der Waals surface area contributed by atoms with Crippen molar-refractivity contribution in [2.24, 2.45) is 0 Å². The van der Waals surface area contributed by atoms with Gasteiger partial charge in [-0.3, -0.25) is 0 Å². The Labute approximate surface area is 122 Å². The molecule has 0 bridgehead atoms. The number of hydrogen-bond acceptors (Lipinski definition) is 4. The maximum absolute atomic E-state index is 12.2. The Hall–Kier alpha value is -1.87. The fourth-order valence-electron chi connectivity index (χ4n) is 2.08. The number of rotatable bonds is 4. The number of aromatic nitrogens is 3. The van der Waals surface area contributed by atoms with Crippen LogP contribution in [0.2, 0.25) is 0 Å². The molecule has 0 spiro atoms. The quantitative estimate of drug-likeness (QED) is 0.882. The number of carbonyl (C=O) groups is 1. The first-order chi connectivity index (χ1) is 9.32. The minimum atomic E-state index is -3.77. The molecular weight excluding hydrogens is 296 g/mol. The first-order valence-corrected chi connectivity index (χ1v) is 7.50. The van der Waals surface area contributed by atoms with Crippen molar-refractivity contribution in [2.75, 3.05) is 14.1 Å². The van der Waals surface area contributed by atoms with Gasteiger partial charge in [0.15, 0.2) is 0 Å². The Balaban J connectivity index is 0.00000161. The van der Waals surface area contributed by atoms with Crippen molar-refractivity contribution >= 4 is 27.2 Å². The van der Waals surface area contributed by atoms with Crippen LogP contribution in [0, 0.1) is 0 Å². The lowest BCUT2D eigenvalue weighted by molar-refractivity contribution is 0.0691. The topological polar surface area (TPSA) is 108 Å². The molecule has 0 unspecified atom stereocenters. The molecule has 0 saturated heterocycles. The number of aromatic carboxylic acids is 1. The fourth-order valence-corrected chi connectivity index (χ4v) is 2.97. The van der Waals surface area contributed by atoms with E-state index in [1.165, 1.54) is 20.2 Å². The summed E-state index contributed by atoms with van der Waals surface area (Å²) in [5, 5.41) is 13.2. The van der Waals surface area contributed by atoms with Crippen LogP contribution in [0.1, 0.15) is 42.4 Å². The second-order valence-electron chi connectivity index (χ2n) is 5.04. The first kappa shape index (κ1) is 15.5. The van der Waals surface area contributed by atoms with Crippen LogP contribution in [-0.4, -0.2) is 52.1 Å². The normalized spacial score (nSPS) is 15.4. The molecule has 8 nitrogen and oxygen atoms in total. The van der Waals surface area contributed by atoms with Crippen LogP contribution in [0.4, 0.5) is 0 Å². The van der Waals surface area contributed by atoms with E-state index >= 15 is 0 Å². The summed E-state index contributed by atoms with van der Waals surface area (Å²) in [5.74, 6) is -0.923. The molecule has 2 heterocycles. The average molecular weight is 314 g/mol. The standard InChI is InChI=1S/C11H14N4O4S.CH4/c1-14(2)20(18,19)15-8-5-7(11(16)17)12-10(8)9(13-15)6-3-4-6;/h5-6,12H,3-4H2,1-2H3,(H,16,17);1H4. The van der Waals surface area contributed by atoms with Gasteiger partial charge in [-0.2, -0.15) is 17.8 Å². The summed E-state index contributed by atoms with van der Waals surface area (Å²) >= 11 is 0. The predicted molar refractivity (Wildman–Crippen MR) is 77.8 cm³/mol. The summed E-state index contributed by atoms with van der Waals surface area (Å²) in [5.41, 5.74) is 1.35. The largest absolute Gasteiger partial charge is 0.477 e. The zero-order valence-electron chi connectivity index (χ0n) is 11.0. The van der Waals surface area contributed by atoms with Crippen LogP contribution < -0.4 is 0 Å². The van der Waals surface area contributed by atoms with E-state index in [1.807, 2.05) is 0 Å². The van der Waals surface area contributed by atoms with Crippen molar-refractivity contribution in [3.05, 3.63) is 17.5 Å². The van der Waals surface area contributed by atoms with Gasteiger partial charge in [-0.25, -0.2) is 4.79 Å². The van der Waals surface area contributed by atoms with Crippen molar-refractivity contribution in [1.82, 2.24) is 18.5 Å². The van der Waals surface area contributed by atoms with Crippen LogP contribution in [-0.2, 0) is 10.2 Å². The summed E-state index contributed by atoms with van der Waals surface area (Å²) < 4.78 is 26.4. The molecule has 1 aliphatic rings. The van der Waals surface area contributed by atoms with E-state index in [4.69, 9.17) is 5.11 Å². The zero-order valence-corrected chi connectivity index (χ0v) is 11.8. The van der Waals surface area contributed by atoms with Gasteiger partial charge in [-0.15, -0.1) is 4.09 Å². The summed E-state index contributed by atoms with van der Waals surface area (Å²) in [4.78, 5) is 13.8. The number of fused-ring (bicyclic) bond motifs is 1. The van der Waals surface area contributed by atoms with E-state index < -0.39 is 16.2 Å². The Morgan fingerprint density at radius 3 is 2.57 bits per heavy atom. The fraction of sp³-hybridized carbons (Fsp3) is 0.500. The highest BCUT2D eigenvalue weighted by molar-refractivity contribution is 7.87. The van der Waals surface area contributed by atoms with E-state index in [0.29, 0.717) is 11.2 Å².